The predicted molar refractivity (Wildman–Crippen MR) is 104 cm³/mol. The largest absolute Gasteiger partial charge is 0.361 e. The third-order valence-electron chi connectivity index (χ3n) is 3.57. The van der Waals surface area contributed by atoms with Crippen molar-refractivity contribution in [2.75, 3.05) is 0 Å². The first-order chi connectivity index (χ1) is 12.5. The van der Waals surface area contributed by atoms with Gasteiger partial charge in [-0.15, -0.1) is 0 Å². The van der Waals surface area contributed by atoms with Gasteiger partial charge in [-0.3, -0.25) is 4.79 Å². The van der Waals surface area contributed by atoms with E-state index in [-0.39, 0.29) is 11.4 Å². The minimum atomic E-state index is -0.291. The molecule has 3 aromatic rings. The van der Waals surface area contributed by atoms with E-state index in [9.17, 15) is 9.18 Å². The first kappa shape index (κ1) is 21.4. The molecule has 0 aliphatic carbocycles. The van der Waals surface area contributed by atoms with Crippen molar-refractivity contribution in [3.05, 3.63) is 75.8 Å². The second-order valence-corrected chi connectivity index (χ2v) is 5.21. The quantitative estimate of drug-likeness (QED) is 0.633. The van der Waals surface area contributed by atoms with Gasteiger partial charge in [0.2, 0.25) is 0 Å². The molecule has 0 radical (unpaired) electrons. The lowest BCUT2D eigenvalue weighted by molar-refractivity contribution is 0.393. The summed E-state index contributed by atoms with van der Waals surface area (Å²) in [4.78, 5) is 12.0. The number of halogens is 1. The molecule has 140 valence electrons. The van der Waals surface area contributed by atoms with Crippen LogP contribution in [0.5, 0.6) is 0 Å². The molecule has 2 aromatic heterocycles. The molecule has 5 heteroatoms. The maximum atomic E-state index is 13.0. The summed E-state index contributed by atoms with van der Waals surface area (Å²) in [6, 6.07) is 9.40. The first-order valence-electron chi connectivity index (χ1n) is 8.93. The number of aromatic nitrogens is 2. The van der Waals surface area contributed by atoms with Crippen LogP contribution in [0, 0.1) is 19.7 Å². The van der Waals surface area contributed by atoms with Gasteiger partial charge in [-0.1, -0.05) is 45.0 Å². The van der Waals surface area contributed by atoms with E-state index in [0.29, 0.717) is 12.3 Å². The lowest BCUT2D eigenvalue weighted by Gasteiger charge is -2.08. The summed E-state index contributed by atoms with van der Waals surface area (Å²) in [5.41, 5.74) is 3.30. The van der Waals surface area contributed by atoms with Crippen LogP contribution in [-0.2, 0) is 6.54 Å². The molecule has 0 aliphatic heterocycles. The van der Waals surface area contributed by atoms with Crippen molar-refractivity contribution >= 4 is 0 Å². The zero-order valence-electron chi connectivity index (χ0n) is 16.3. The van der Waals surface area contributed by atoms with Crippen molar-refractivity contribution in [1.82, 2.24) is 9.72 Å². The molecule has 26 heavy (non-hydrogen) atoms. The molecule has 0 unspecified atom stereocenters. The van der Waals surface area contributed by atoms with Crippen molar-refractivity contribution in [2.24, 2.45) is 0 Å². The standard InChI is InChI=1S/C17H15FN2O2.2C2H6/c1-11-17(12(2)22-19-11)14-5-8-16(21)20(10-14)9-13-3-6-15(18)7-4-13;2*1-2/h3-8,10H,9H2,1-2H3;2*1-2H3. The van der Waals surface area contributed by atoms with Crippen LogP contribution < -0.4 is 5.56 Å². The predicted octanol–water partition coefficient (Wildman–Crippen LogP) is 5.36. The zero-order valence-corrected chi connectivity index (χ0v) is 16.3. The first-order valence-corrected chi connectivity index (χ1v) is 8.93. The third-order valence-corrected chi connectivity index (χ3v) is 3.57. The minimum absolute atomic E-state index is 0.111. The fourth-order valence-electron chi connectivity index (χ4n) is 2.48. The highest BCUT2D eigenvalue weighted by Gasteiger charge is 2.12. The van der Waals surface area contributed by atoms with E-state index in [1.807, 2.05) is 41.5 Å². The molecule has 0 saturated heterocycles. The van der Waals surface area contributed by atoms with E-state index < -0.39 is 0 Å². The Morgan fingerprint density at radius 1 is 1.00 bits per heavy atom. The highest BCUT2D eigenvalue weighted by atomic mass is 19.1. The number of hydrogen-bond acceptors (Lipinski definition) is 3. The Morgan fingerprint density at radius 2 is 1.62 bits per heavy atom. The highest BCUT2D eigenvalue weighted by molar-refractivity contribution is 5.66. The van der Waals surface area contributed by atoms with E-state index in [1.54, 1.807) is 29.0 Å². The van der Waals surface area contributed by atoms with Gasteiger partial charge < -0.3 is 9.09 Å². The van der Waals surface area contributed by atoms with Gasteiger partial charge in [0.05, 0.1) is 12.2 Å². The summed E-state index contributed by atoms with van der Waals surface area (Å²) in [5.74, 6) is 0.421. The molecule has 0 amide bonds. The Kier molecular flexibility index (Phi) is 8.49. The van der Waals surface area contributed by atoms with Crippen molar-refractivity contribution in [2.45, 2.75) is 48.1 Å². The average Bonchev–Trinajstić information content (AvgIpc) is 3.01. The number of pyridine rings is 1. The van der Waals surface area contributed by atoms with Crippen LogP contribution >= 0.6 is 0 Å². The molecule has 0 bridgehead atoms. The fraction of sp³-hybridized carbons (Fsp3) is 0.333. The Labute approximate surface area is 154 Å². The molecule has 0 atom stereocenters. The van der Waals surface area contributed by atoms with Crippen LogP contribution in [0.3, 0.4) is 0 Å². The van der Waals surface area contributed by atoms with Crippen molar-refractivity contribution in [3.8, 4) is 11.1 Å². The van der Waals surface area contributed by atoms with Gasteiger partial charge >= 0.3 is 0 Å². The summed E-state index contributed by atoms with van der Waals surface area (Å²) < 4.78 is 19.7. The van der Waals surface area contributed by atoms with Gasteiger partial charge in [-0.05, 0) is 37.6 Å². The van der Waals surface area contributed by atoms with Crippen LogP contribution in [0.25, 0.3) is 11.1 Å². The van der Waals surface area contributed by atoms with Crippen molar-refractivity contribution in [1.29, 1.82) is 0 Å². The topological polar surface area (TPSA) is 48.0 Å². The van der Waals surface area contributed by atoms with Crippen LogP contribution in [0.4, 0.5) is 4.39 Å². The van der Waals surface area contributed by atoms with Gasteiger partial charge in [-0.25, -0.2) is 4.39 Å². The van der Waals surface area contributed by atoms with E-state index in [2.05, 4.69) is 5.16 Å². The summed E-state index contributed by atoms with van der Waals surface area (Å²) in [5, 5.41) is 3.93. The molecule has 0 spiro atoms. The lowest BCUT2D eigenvalue weighted by Crippen LogP contribution is -2.19. The Hall–Kier alpha value is -2.69. The number of hydrogen-bond donors (Lipinski definition) is 0. The van der Waals surface area contributed by atoms with Crippen molar-refractivity contribution < 1.29 is 8.91 Å². The van der Waals surface area contributed by atoms with E-state index in [4.69, 9.17) is 4.52 Å². The van der Waals surface area contributed by atoms with Gasteiger partial charge in [0.25, 0.3) is 5.56 Å². The molecule has 1 aromatic carbocycles. The molecule has 0 N–H and O–H groups in total. The number of benzene rings is 1. The molecule has 0 aliphatic rings. The summed E-state index contributed by atoms with van der Waals surface area (Å²) in [7, 11) is 0. The average molecular weight is 358 g/mol. The third kappa shape index (κ3) is 5.15. The fourth-order valence-corrected chi connectivity index (χ4v) is 2.48. The van der Waals surface area contributed by atoms with Gasteiger partial charge in [-0.2, -0.15) is 0 Å². The number of rotatable bonds is 3. The van der Waals surface area contributed by atoms with Gasteiger partial charge in [0, 0.05) is 23.4 Å². The lowest BCUT2D eigenvalue weighted by atomic mass is 10.1. The van der Waals surface area contributed by atoms with Crippen molar-refractivity contribution in [3.63, 3.8) is 0 Å². The summed E-state index contributed by atoms with van der Waals surface area (Å²) >= 11 is 0. The summed E-state index contributed by atoms with van der Waals surface area (Å²) in [6.45, 7) is 12.1. The maximum absolute atomic E-state index is 13.0. The molecule has 0 fully saturated rings. The molecule has 4 nitrogen and oxygen atoms in total. The second kappa shape index (κ2) is 10.3. The van der Waals surface area contributed by atoms with E-state index in [0.717, 1.165) is 22.4 Å². The summed E-state index contributed by atoms with van der Waals surface area (Å²) in [6.07, 6.45) is 1.78. The monoisotopic (exact) mass is 358 g/mol. The Morgan fingerprint density at radius 3 is 2.15 bits per heavy atom. The normalized spacial score (nSPS) is 9.65. The van der Waals surface area contributed by atoms with Crippen LogP contribution in [0.15, 0.2) is 51.9 Å². The number of aryl methyl sites for hydroxylation is 2. The van der Waals surface area contributed by atoms with E-state index in [1.165, 1.54) is 18.2 Å². The van der Waals surface area contributed by atoms with Crippen LogP contribution in [-0.4, -0.2) is 9.72 Å². The Balaban J connectivity index is 0.000000791. The highest BCUT2D eigenvalue weighted by Crippen LogP contribution is 2.25. The van der Waals surface area contributed by atoms with E-state index >= 15 is 0 Å². The second-order valence-electron chi connectivity index (χ2n) is 5.21. The minimum Gasteiger partial charge on any atom is -0.361 e. The van der Waals surface area contributed by atoms with Crippen LogP contribution in [0.1, 0.15) is 44.7 Å². The Bertz CT molecular complexity index is 845. The zero-order chi connectivity index (χ0) is 19.7. The smallest absolute Gasteiger partial charge is 0.250 e. The maximum Gasteiger partial charge on any atom is 0.250 e. The van der Waals surface area contributed by atoms with Gasteiger partial charge in [0.1, 0.15) is 11.6 Å². The molecule has 2 heterocycles. The number of nitrogens with zero attached hydrogens (tertiary/aromatic N) is 2. The van der Waals surface area contributed by atoms with Crippen LogP contribution in [0.2, 0.25) is 0 Å². The molecule has 3 rings (SSSR count). The molecular weight excluding hydrogens is 331 g/mol. The molecule has 0 saturated carbocycles. The SMILES string of the molecule is CC.CC.Cc1noc(C)c1-c1ccc(=O)n(Cc2ccc(F)cc2)c1. The molecular formula is C21H27FN2O2. The van der Waals surface area contributed by atoms with Gasteiger partial charge in [0.15, 0.2) is 0 Å².